The summed E-state index contributed by atoms with van der Waals surface area (Å²) in [4.78, 5) is 0. The molecule has 0 aromatic carbocycles. The molecule has 0 heterocycles. The van der Waals surface area contributed by atoms with E-state index in [9.17, 15) is 0 Å². The molecule has 17 heavy (non-hydrogen) atoms. The monoisotopic (exact) mass is 312 g/mol. The number of nitrogens with one attached hydrogen (secondary N) is 1. The number of allylic oxidation sites excluding steroid dienone is 4. The smallest absolute Gasteiger partial charge is 0.123 e. The molecule has 0 saturated heterocycles. The van der Waals surface area contributed by atoms with E-state index in [-0.39, 0.29) is 10.1 Å². The molecule has 0 aliphatic heterocycles. The Labute approximate surface area is 121 Å². The second-order valence-corrected chi connectivity index (χ2v) is 5.69. The van der Waals surface area contributed by atoms with Gasteiger partial charge in [-0.15, -0.1) is 0 Å². The Morgan fingerprint density at radius 1 is 0.824 bits per heavy atom. The van der Waals surface area contributed by atoms with E-state index < -0.39 is 0 Å². The van der Waals surface area contributed by atoms with Crippen molar-refractivity contribution >= 4 is 52.1 Å². The zero-order valence-corrected chi connectivity index (χ0v) is 12.1. The van der Waals surface area contributed by atoms with E-state index in [0.717, 1.165) is 12.8 Å². The first-order valence-corrected chi connectivity index (χ1v) is 7.07. The summed E-state index contributed by atoms with van der Waals surface area (Å²) < 4.78 is 0. The maximum Gasteiger partial charge on any atom is 0.123 e. The Balaban J connectivity index is 2.07. The van der Waals surface area contributed by atoms with E-state index >= 15 is 0 Å². The zero-order valence-electron chi connectivity index (χ0n) is 9.07. The molecule has 2 rings (SSSR count). The van der Waals surface area contributed by atoms with Crippen LogP contribution in [0.25, 0.3) is 0 Å². The van der Waals surface area contributed by atoms with Gasteiger partial charge in [0.05, 0.1) is 20.1 Å². The number of rotatable bonds is 2. The normalized spacial score (nSPS) is 22.5. The van der Waals surface area contributed by atoms with Gasteiger partial charge in [0.1, 0.15) is 5.71 Å². The van der Waals surface area contributed by atoms with Crippen molar-refractivity contribution in [3.8, 4) is 0 Å². The second-order valence-electron chi connectivity index (χ2n) is 4.18. The Bertz CT molecular complexity index is 380. The maximum absolute atomic E-state index is 6.00. The molecule has 0 aromatic rings. The van der Waals surface area contributed by atoms with Crippen LogP contribution in [0.15, 0.2) is 25.2 Å². The molecular weight excluding hydrogens is 302 g/mol. The lowest BCUT2D eigenvalue weighted by molar-refractivity contribution is 0.381. The van der Waals surface area contributed by atoms with Crippen LogP contribution in [0.4, 0.5) is 0 Å². The van der Waals surface area contributed by atoms with Crippen LogP contribution in [-0.2, 0) is 0 Å². The molecular formula is C11H12Cl4N2. The quantitative estimate of drug-likeness (QED) is 0.737. The van der Waals surface area contributed by atoms with Crippen LogP contribution in [0, 0.1) is 0 Å². The molecule has 0 radical (unpaired) electrons. The van der Waals surface area contributed by atoms with Crippen LogP contribution in [0.5, 0.6) is 0 Å². The molecule has 6 heteroatoms. The maximum atomic E-state index is 6.00. The summed E-state index contributed by atoms with van der Waals surface area (Å²) in [5.74, 6) is 0. The van der Waals surface area contributed by atoms with Gasteiger partial charge in [-0.3, -0.25) is 0 Å². The summed E-state index contributed by atoms with van der Waals surface area (Å²) in [5.41, 5.74) is 3.54. The Kier molecular flexibility index (Phi) is 4.65. The third-order valence-corrected chi connectivity index (χ3v) is 4.74. The first-order valence-electron chi connectivity index (χ1n) is 5.56. The van der Waals surface area contributed by atoms with Gasteiger partial charge in [-0.05, 0) is 12.8 Å². The SMILES string of the molecule is ClC1=C(Cl)C(Cl)=C(Cl)C1=NNC1CCCCC1. The van der Waals surface area contributed by atoms with Crippen molar-refractivity contribution in [2.75, 3.05) is 0 Å². The van der Waals surface area contributed by atoms with Crippen LogP contribution >= 0.6 is 46.4 Å². The van der Waals surface area contributed by atoms with Crippen molar-refractivity contribution < 1.29 is 0 Å². The number of nitrogens with zero attached hydrogens (tertiary/aromatic N) is 1. The fourth-order valence-corrected chi connectivity index (χ4v) is 2.96. The largest absolute Gasteiger partial charge is 0.306 e. The molecule has 0 bridgehead atoms. The predicted octanol–water partition coefficient (Wildman–Crippen LogP) is 4.66. The van der Waals surface area contributed by atoms with E-state index in [1.807, 2.05) is 0 Å². The van der Waals surface area contributed by atoms with Crippen LogP contribution in [0.2, 0.25) is 0 Å². The Morgan fingerprint density at radius 2 is 1.35 bits per heavy atom. The highest BCUT2D eigenvalue weighted by Crippen LogP contribution is 2.39. The minimum absolute atomic E-state index is 0.266. The molecule has 0 unspecified atom stereocenters. The van der Waals surface area contributed by atoms with Crippen molar-refractivity contribution in [3.63, 3.8) is 0 Å². The summed E-state index contributed by atoms with van der Waals surface area (Å²) in [6, 6.07) is 0.392. The molecule has 1 N–H and O–H groups in total. The van der Waals surface area contributed by atoms with Gasteiger partial charge >= 0.3 is 0 Å². The highest BCUT2D eigenvalue weighted by molar-refractivity contribution is 6.66. The van der Waals surface area contributed by atoms with Gasteiger partial charge in [0.25, 0.3) is 0 Å². The van der Waals surface area contributed by atoms with Gasteiger partial charge < -0.3 is 5.43 Å². The van der Waals surface area contributed by atoms with E-state index in [1.54, 1.807) is 0 Å². The third-order valence-electron chi connectivity index (χ3n) is 2.96. The van der Waals surface area contributed by atoms with E-state index in [4.69, 9.17) is 46.4 Å². The van der Waals surface area contributed by atoms with E-state index in [2.05, 4.69) is 10.5 Å². The number of hydrogen-bond donors (Lipinski definition) is 1. The van der Waals surface area contributed by atoms with Crippen molar-refractivity contribution in [2.45, 2.75) is 38.1 Å². The minimum Gasteiger partial charge on any atom is -0.306 e. The minimum atomic E-state index is 0.266. The molecule has 0 spiro atoms. The molecule has 0 aromatic heterocycles. The van der Waals surface area contributed by atoms with Gasteiger partial charge in [0.15, 0.2) is 0 Å². The van der Waals surface area contributed by atoms with Gasteiger partial charge in [0, 0.05) is 6.04 Å². The van der Waals surface area contributed by atoms with Crippen molar-refractivity contribution in [3.05, 3.63) is 20.1 Å². The van der Waals surface area contributed by atoms with E-state index in [0.29, 0.717) is 21.8 Å². The fraction of sp³-hybridized carbons (Fsp3) is 0.545. The van der Waals surface area contributed by atoms with Crippen molar-refractivity contribution in [1.29, 1.82) is 0 Å². The number of halogens is 4. The zero-order chi connectivity index (χ0) is 12.4. The van der Waals surface area contributed by atoms with E-state index in [1.165, 1.54) is 19.3 Å². The predicted molar refractivity (Wildman–Crippen MR) is 74.9 cm³/mol. The summed E-state index contributed by atoms with van der Waals surface area (Å²) in [5, 5.41) is 5.38. The van der Waals surface area contributed by atoms with Gasteiger partial charge in [-0.2, -0.15) is 5.10 Å². The highest BCUT2D eigenvalue weighted by Gasteiger charge is 2.27. The van der Waals surface area contributed by atoms with Crippen LogP contribution < -0.4 is 5.43 Å². The van der Waals surface area contributed by atoms with Crippen LogP contribution in [-0.4, -0.2) is 11.8 Å². The lowest BCUT2D eigenvalue weighted by atomic mass is 9.96. The third kappa shape index (κ3) is 2.93. The molecule has 2 aliphatic carbocycles. The second kappa shape index (κ2) is 5.83. The Morgan fingerprint density at radius 3 is 1.88 bits per heavy atom. The van der Waals surface area contributed by atoms with Gasteiger partial charge in [-0.25, -0.2) is 0 Å². The summed E-state index contributed by atoms with van der Waals surface area (Å²) >= 11 is 23.8. The van der Waals surface area contributed by atoms with Gasteiger partial charge in [-0.1, -0.05) is 65.7 Å². The number of hydrazone groups is 1. The lowest BCUT2D eigenvalue weighted by Gasteiger charge is -2.21. The lowest BCUT2D eigenvalue weighted by Crippen LogP contribution is -2.27. The van der Waals surface area contributed by atoms with Crippen LogP contribution in [0.1, 0.15) is 32.1 Å². The molecule has 1 saturated carbocycles. The highest BCUT2D eigenvalue weighted by atomic mass is 35.5. The fourth-order valence-electron chi connectivity index (χ4n) is 1.98. The van der Waals surface area contributed by atoms with Crippen LogP contribution in [0.3, 0.4) is 0 Å². The molecule has 0 amide bonds. The number of hydrogen-bond acceptors (Lipinski definition) is 2. The first-order chi connectivity index (χ1) is 8.11. The summed E-state index contributed by atoms with van der Waals surface area (Å²) in [6.45, 7) is 0. The van der Waals surface area contributed by atoms with Gasteiger partial charge in [0.2, 0.25) is 0 Å². The molecule has 1 fully saturated rings. The molecule has 2 aliphatic rings. The molecule has 2 nitrogen and oxygen atoms in total. The summed E-state index contributed by atoms with van der Waals surface area (Å²) in [7, 11) is 0. The topological polar surface area (TPSA) is 24.4 Å². The Hall–Kier alpha value is 0.110. The average molecular weight is 314 g/mol. The standard InChI is InChI=1S/C11H12Cl4N2/c12-7-8(13)10(15)11(9(7)14)17-16-6-4-2-1-3-5-6/h6,16H,1-5H2. The average Bonchev–Trinajstić information content (AvgIpc) is 2.54. The molecule has 0 atom stereocenters. The van der Waals surface area contributed by atoms with Crippen molar-refractivity contribution in [2.24, 2.45) is 5.10 Å². The molecule has 94 valence electrons. The first kappa shape index (κ1) is 13.5. The van der Waals surface area contributed by atoms with Crippen molar-refractivity contribution in [1.82, 2.24) is 5.43 Å². The summed E-state index contributed by atoms with van der Waals surface area (Å²) in [6.07, 6.45) is 6.02.